The molecular formula is C23H24FN3S2. The molecule has 0 N–H and O–H groups in total. The van der Waals surface area contributed by atoms with Gasteiger partial charge in [-0.3, -0.25) is 4.99 Å². The number of unbranched alkanes of at least 4 members (excludes halogenated alkanes) is 1. The van der Waals surface area contributed by atoms with Gasteiger partial charge < -0.3 is 0 Å². The van der Waals surface area contributed by atoms with Crippen molar-refractivity contribution in [3.05, 3.63) is 58.8 Å². The lowest BCUT2D eigenvalue weighted by molar-refractivity contribution is 0.627. The molecule has 1 aromatic heterocycles. The van der Waals surface area contributed by atoms with Gasteiger partial charge >= 0.3 is 0 Å². The number of rotatable bonds is 6. The highest BCUT2D eigenvalue weighted by Crippen LogP contribution is 2.56. The topological polar surface area (TPSA) is 38.1 Å². The number of hydrogen-bond acceptors (Lipinski definition) is 5. The second-order valence-corrected chi connectivity index (χ2v) is 9.92. The molecule has 1 aliphatic carbocycles. The van der Waals surface area contributed by atoms with Gasteiger partial charge in [0.05, 0.1) is 16.5 Å². The third-order valence-corrected chi connectivity index (χ3v) is 8.39. The van der Waals surface area contributed by atoms with Gasteiger partial charge in [0.1, 0.15) is 22.5 Å². The van der Waals surface area contributed by atoms with E-state index in [1.165, 1.54) is 66.1 Å². The number of nitrogens with zero attached hydrogens (tertiary/aromatic N) is 3. The summed E-state index contributed by atoms with van der Waals surface area (Å²) in [5.41, 5.74) is 6.76. The van der Waals surface area contributed by atoms with Crippen molar-refractivity contribution in [3.63, 3.8) is 0 Å². The van der Waals surface area contributed by atoms with Crippen LogP contribution in [0.15, 0.2) is 56.7 Å². The summed E-state index contributed by atoms with van der Waals surface area (Å²) in [4.78, 5) is 15.7. The minimum absolute atomic E-state index is 0.196. The third-order valence-electron chi connectivity index (χ3n) is 5.94. The van der Waals surface area contributed by atoms with Crippen molar-refractivity contribution in [3.8, 4) is 0 Å². The monoisotopic (exact) mass is 425 g/mol. The Labute approximate surface area is 179 Å². The maximum Gasteiger partial charge on any atom is 0.123 e. The number of thioether (sulfide) groups is 2. The molecule has 0 saturated carbocycles. The molecule has 0 unspecified atom stereocenters. The molecular weight excluding hydrogens is 401 g/mol. The summed E-state index contributed by atoms with van der Waals surface area (Å²) in [6, 6.07) is 6.72. The highest BCUT2D eigenvalue weighted by atomic mass is 32.2. The van der Waals surface area contributed by atoms with Gasteiger partial charge in [-0.2, -0.15) is 0 Å². The van der Waals surface area contributed by atoms with Crippen molar-refractivity contribution in [2.45, 2.75) is 72.4 Å². The number of hydrogen-bond donors (Lipinski definition) is 0. The van der Waals surface area contributed by atoms with Gasteiger partial charge in [0, 0.05) is 11.5 Å². The van der Waals surface area contributed by atoms with Gasteiger partial charge in [0.15, 0.2) is 0 Å². The Morgan fingerprint density at radius 3 is 2.86 bits per heavy atom. The Kier molecular flexibility index (Phi) is 5.48. The number of halogens is 1. The molecule has 3 heterocycles. The lowest BCUT2D eigenvalue weighted by atomic mass is 9.87. The van der Waals surface area contributed by atoms with Gasteiger partial charge in [-0.25, -0.2) is 14.4 Å². The Morgan fingerprint density at radius 1 is 1.17 bits per heavy atom. The number of allylic oxidation sites excluding steroid dienone is 1. The molecule has 2 atom stereocenters. The van der Waals surface area contributed by atoms with Crippen molar-refractivity contribution in [2.24, 2.45) is 4.99 Å². The van der Waals surface area contributed by atoms with Crippen LogP contribution in [0, 0.1) is 5.82 Å². The SMILES string of the molecule is CCCCC1=N[C@H]2Sc3c(SCc4ccc(F)cc4)ncnc3[C@H]2C2=C1CCC2. The predicted molar refractivity (Wildman–Crippen MR) is 118 cm³/mol. The average molecular weight is 426 g/mol. The smallest absolute Gasteiger partial charge is 0.123 e. The highest BCUT2D eigenvalue weighted by Gasteiger charge is 2.43. The summed E-state index contributed by atoms with van der Waals surface area (Å²) in [6.07, 6.45) is 8.84. The van der Waals surface area contributed by atoms with E-state index in [-0.39, 0.29) is 11.2 Å². The standard InChI is InChI=1S/C23H24FN3S2/c1-2-3-7-18-16-5-4-6-17(16)19-20-21(29-22(19)27-18)23(26-13-25-20)28-12-14-8-10-15(24)11-9-14/h8-11,13,19,22H,2-7,12H2,1H3/t19-,22+/m1/s1. The molecule has 6 heteroatoms. The molecule has 2 aliphatic heterocycles. The normalized spacial score (nSPS) is 22.3. The summed E-state index contributed by atoms with van der Waals surface area (Å²) in [6.45, 7) is 2.25. The summed E-state index contributed by atoms with van der Waals surface area (Å²) >= 11 is 3.55. The molecule has 2 aromatic rings. The Balaban J connectivity index is 1.42. The van der Waals surface area contributed by atoms with Crippen LogP contribution in [-0.4, -0.2) is 21.1 Å². The molecule has 150 valence electrons. The van der Waals surface area contributed by atoms with Crippen LogP contribution < -0.4 is 0 Å². The van der Waals surface area contributed by atoms with Gasteiger partial charge in [-0.1, -0.05) is 42.8 Å². The van der Waals surface area contributed by atoms with Crippen LogP contribution in [0.5, 0.6) is 0 Å². The summed E-state index contributed by atoms with van der Waals surface area (Å²) < 4.78 is 13.2. The van der Waals surface area contributed by atoms with E-state index in [2.05, 4.69) is 11.9 Å². The molecule has 0 fully saturated rings. The molecule has 0 bridgehead atoms. The van der Waals surface area contributed by atoms with E-state index in [0.29, 0.717) is 5.92 Å². The first kappa shape index (κ1) is 19.3. The van der Waals surface area contributed by atoms with Crippen LogP contribution in [0.25, 0.3) is 0 Å². The lowest BCUT2D eigenvalue weighted by Crippen LogP contribution is -2.21. The molecule has 1 aromatic carbocycles. The minimum atomic E-state index is -0.196. The molecule has 0 spiro atoms. The number of benzene rings is 1. The number of fused-ring (bicyclic) bond motifs is 4. The molecule has 5 rings (SSSR count). The van der Waals surface area contributed by atoms with Crippen molar-refractivity contribution < 1.29 is 4.39 Å². The first-order valence-electron chi connectivity index (χ1n) is 10.4. The van der Waals surface area contributed by atoms with E-state index in [1.807, 2.05) is 23.9 Å². The Morgan fingerprint density at radius 2 is 2.03 bits per heavy atom. The molecule has 3 aliphatic rings. The van der Waals surface area contributed by atoms with Crippen LogP contribution in [0.1, 0.15) is 62.6 Å². The van der Waals surface area contributed by atoms with Gasteiger partial charge in [0.2, 0.25) is 0 Å². The first-order chi connectivity index (χ1) is 14.2. The van der Waals surface area contributed by atoms with E-state index in [0.717, 1.165) is 22.8 Å². The van der Waals surface area contributed by atoms with Gasteiger partial charge in [0.25, 0.3) is 0 Å². The Bertz CT molecular complexity index is 984. The zero-order chi connectivity index (χ0) is 19.8. The van der Waals surface area contributed by atoms with Crippen molar-refractivity contribution >= 4 is 29.2 Å². The zero-order valence-electron chi connectivity index (χ0n) is 16.5. The number of aliphatic imine (C=N–C) groups is 1. The minimum Gasteiger partial charge on any atom is -0.274 e. The second kappa shape index (κ2) is 8.23. The van der Waals surface area contributed by atoms with E-state index >= 15 is 0 Å². The van der Waals surface area contributed by atoms with Crippen LogP contribution >= 0.6 is 23.5 Å². The molecule has 3 nitrogen and oxygen atoms in total. The van der Waals surface area contributed by atoms with E-state index < -0.39 is 0 Å². The first-order valence-corrected chi connectivity index (χ1v) is 12.3. The fraction of sp³-hybridized carbons (Fsp3) is 0.435. The lowest BCUT2D eigenvalue weighted by Gasteiger charge is -2.26. The fourth-order valence-corrected chi connectivity index (χ4v) is 7.01. The highest BCUT2D eigenvalue weighted by molar-refractivity contribution is 8.02. The molecule has 0 radical (unpaired) electrons. The fourth-order valence-electron chi connectivity index (χ4n) is 4.53. The van der Waals surface area contributed by atoms with Crippen molar-refractivity contribution in [2.75, 3.05) is 0 Å². The van der Waals surface area contributed by atoms with Crippen molar-refractivity contribution in [1.29, 1.82) is 0 Å². The second-order valence-electron chi connectivity index (χ2n) is 7.83. The van der Waals surface area contributed by atoms with E-state index in [4.69, 9.17) is 9.98 Å². The number of aromatic nitrogens is 2. The maximum atomic E-state index is 13.2. The summed E-state index contributed by atoms with van der Waals surface area (Å²) in [5, 5.41) is 1.25. The van der Waals surface area contributed by atoms with Crippen LogP contribution in [0.2, 0.25) is 0 Å². The van der Waals surface area contributed by atoms with E-state index in [1.54, 1.807) is 23.7 Å². The van der Waals surface area contributed by atoms with Crippen molar-refractivity contribution in [1.82, 2.24) is 9.97 Å². The summed E-state index contributed by atoms with van der Waals surface area (Å²) in [7, 11) is 0. The molecule has 29 heavy (non-hydrogen) atoms. The number of dihydropyridines is 1. The summed E-state index contributed by atoms with van der Waals surface area (Å²) in [5.74, 6) is 0.906. The zero-order valence-corrected chi connectivity index (χ0v) is 18.2. The van der Waals surface area contributed by atoms with Gasteiger partial charge in [-0.15, -0.1) is 11.8 Å². The van der Waals surface area contributed by atoms with E-state index in [9.17, 15) is 4.39 Å². The molecule has 0 amide bonds. The van der Waals surface area contributed by atoms with Gasteiger partial charge in [-0.05, 0) is 55.4 Å². The quantitative estimate of drug-likeness (QED) is 0.389. The van der Waals surface area contributed by atoms with Crippen LogP contribution in [0.4, 0.5) is 4.39 Å². The third kappa shape index (κ3) is 3.66. The Hall–Kier alpha value is -1.66. The van der Waals surface area contributed by atoms with Crippen LogP contribution in [0.3, 0.4) is 0 Å². The predicted octanol–water partition coefficient (Wildman–Crippen LogP) is 6.55. The average Bonchev–Trinajstić information content (AvgIpc) is 3.36. The maximum absolute atomic E-state index is 13.2. The molecule has 0 saturated heterocycles. The largest absolute Gasteiger partial charge is 0.274 e. The van der Waals surface area contributed by atoms with Crippen LogP contribution in [-0.2, 0) is 5.75 Å².